The van der Waals surface area contributed by atoms with Crippen molar-refractivity contribution in [1.29, 1.82) is 0 Å². The third-order valence-electron chi connectivity index (χ3n) is 3.74. The minimum atomic E-state index is -0.548. The van der Waals surface area contributed by atoms with Gasteiger partial charge in [0.25, 0.3) is 0 Å². The maximum atomic E-state index is 11.7. The van der Waals surface area contributed by atoms with Gasteiger partial charge in [-0.3, -0.25) is 4.79 Å². The first-order valence-corrected chi connectivity index (χ1v) is 11.2. The number of hydrogen-bond donors (Lipinski definition) is 2. The van der Waals surface area contributed by atoms with E-state index in [-0.39, 0.29) is 12.6 Å². The van der Waals surface area contributed by atoms with Gasteiger partial charge in [-0.15, -0.1) is 22.7 Å². The van der Waals surface area contributed by atoms with Gasteiger partial charge in [-0.05, 0) is 70.4 Å². The Hall–Kier alpha value is -1.93. The number of rotatable bonds is 9. The zero-order valence-corrected chi connectivity index (χ0v) is 18.6. The molecule has 0 fully saturated rings. The van der Waals surface area contributed by atoms with Gasteiger partial charge in [0, 0.05) is 16.8 Å². The SMILES string of the molecule is Cc1nc(CCc2csc(CCCNC(=O)NCC(=O)OC(C)(C)C)c2)cs1. The van der Waals surface area contributed by atoms with Crippen LogP contribution in [0, 0.1) is 6.92 Å². The van der Waals surface area contributed by atoms with Crippen LogP contribution in [-0.4, -0.2) is 35.7 Å². The second-order valence-corrected chi connectivity index (χ2v) is 9.64. The zero-order chi connectivity index (χ0) is 20.6. The van der Waals surface area contributed by atoms with Crippen LogP contribution in [0.15, 0.2) is 16.8 Å². The topological polar surface area (TPSA) is 80.3 Å². The normalized spacial score (nSPS) is 11.3. The number of carbonyl (C=O) groups excluding carboxylic acids is 2. The minimum absolute atomic E-state index is 0.129. The molecule has 0 atom stereocenters. The highest BCUT2D eigenvalue weighted by Gasteiger charge is 2.16. The predicted molar refractivity (Wildman–Crippen MR) is 114 cm³/mol. The second kappa shape index (κ2) is 10.6. The lowest BCUT2D eigenvalue weighted by molar-refractivity contribution is -0.153. The number of hydrogen-bond acceptors (Lipinski definition) is 6. The highest BCUT2D eigenvalue weighted by atomic mass is 32.1. The molecule has 154 valence electrons. The van der Waals surface area contributed by atoms with E-state index >= 15 is 0 Å². The predicted octanol–water partition coefficient (Wildman–Crippen LogP) is 3.87. The number of nitrogens with one attached hydrogen (secondary N) is 2. The standard InChI is InChI=1S/C20H29N3O3S2/c1-14-23-16(13-27-14)8-7-15-10-17(28-12-15)6-5-9-21-19(25)22-11-18(24)26-20(2,3)4/h10,12-13H,5-9,11H2,1-4H3,(H2,21,22,25). The monoisotopic (exact) mass is 423 g/mol. The quantitative estimate of drug-likeness (QED) is 0.474. The van der Waals surface area contributed by atoms with E-state index in [0.29, 0.717) is 6.54 Å². The molecule has 2 N–H and O–H groups in total. The van der Waals surface area contributed by atoms with E-state index in [1.165, 1.54) is 10.4 Å². The number of ether oxygens (including phenoxy) is 1. The second-order valence-electron chi connectivity index (χ2n) is 7.58. The molecule has 0 aliphatic carbocycles. The molecule has 28 heavy (non-hydrogen) atoms. The van der Waals surface area contributed by atoms with Crippen LogP contribution in [-0.2, 0) is 28.8 Å². The summed E-state index contributed by atoms with van der Waals surface area (Å²) in [6.07, 6.45) is 3.75. The van der Waals surface area contributed by atoms with Crippen molar-refractivity contribution in [2.75, 3.05) is 13.1 Å². The van der Waals surface area contributed by atoms with Gasteiger partial charge < -0.3 is 15.4 Å². The number of nitrogens with zero attached hydrogens (tertiary/aromatic N) is 1. The Bertz CT molecular complexity index is 778. The smallest absolute Gasteiger partial charge is 0.325 e. The molecular weight excluding hydrogens is 394 g/mol. The Morgan fingerprint density at radius 1 is 1.11 bits per heavy atom. The van der Waals surface area contributed by atoms with Crippen molar-refractivity contribution >= 4 is 34.7 Å². The van der Waals surface area contributed by atoms with Crippen LogP contribution in [0.25, 0.3) is 0 Å². The summed E-state index contributed by atoms with van der Waals surface area (Å²) < 4.78 is 5.14. The van der Waals surface area contributed by atoms with E-state index in [4.69, 9.17) is 4.74 Å². The van der Waals surface area contributed by atoms with Crippen LogP contribution in [0.3, 0.4) is 0 Å². The molecule has 0 radical (unpaired) electrons. The number of aryl methyl sites for hydroxylation is 4. The minimum Gasteiger partial charge on any atom is -0.459 e. The third-order valence-corrected chi connectivity index (χ3v) is 5.61. The van der Waals surface area contributed by atoms with E-state index in [2.05, 4.69) is 32.4 Å². The van der Waals surface area contributed by atoms with Gasteiger partial charge in [0.15, 0.2) is 0 Å². The molecule has 0 spiro atoms. The Kier molecular flexibility index (Phi) is 8.44. The summed E-state index contributed by atoms with van der Waals surface area (Å²) in [6.45, 7) is 7.84. The van der Waals surface area contributed by atoms with Crippen LogP contribution in [0.2, 0.25) is 0 Å². The summed E-state index contributed by atoms with van der Waals surface area (Å²) in [5.41, 5.74) is 1.96. The Balaban J connectivity index is 1.58. The van der Waals surface area contributed by atoms with Gasteiger partial charge in [-0.2, -0.15) is 0 Å². The molecule has 2 amide bonds. The molecule has 0 saturated carbocycles. The summed E-state index contributed by atoms with van der Waals surface area (Å²) in [5.74, 6) is -0.443. The number of amides is 2. The Morgan fingerprint density at radius 2 is 1.89 bits per heavy atom. The number of thiazole rings is 1. The van der Waals surface area contributed by atoms with Gasteiger partial charge >= 0.3 is 12.0 Å². The molecule has 0 saturated heterocycles. The molecule has 2 aromatic heterocycles. The molecule has 2 rings (SSSR count). The number of aromatic nitrogens is 1. The van der Waals surface area contributed by atoms with Crippen molar-refractivity contribution < 1.29 is 14.3 Å². The molecule has 2 heterocycles. The van der Waals surface area contributed by atoms with Crippen molar-refractivity contribution in [2.45, 2.75) is 59.0 Å². The molecule has 0 unspecified atom stereocenters. The average Bonchev–Trinajstić information content (AvgIpc) is 3.22. The van der Waals surface area contributed by atoms with Crippen LogP contribution in [0.4, 0.5) is 4.79 Å². The first-order chi connectivity index (χ1) is 13.2. The van der Waals surface area contributed by atoms with E-state index in [1.807, 2.05) is 6.92 Å². The Labute approximate surface area is 174 Å². The van der Waals surface area contributed by atoms with Crippen molar-refractivity contribution in [1.82, 2.24) is 15.6 Å². The highest BCUT2D eigenvalue weighted by molar-refractivity contribution is 7.10. The lowest BCUT2D eigenvalue weighted by Crippen LogP contribution is -2.40. The highest BCUT2D eigenvalue weighted by Crippen LogP contribution is 2.19. The maximum Gasteiger partial charge on any atom is 0.325 e. The molecule has 8 heteroatoms. The number of urea groups is 1. The third kappa shape index (κ3) is 8.84. The first kappa shape index (κ1) is 22.4. The van der Waals surface area contributed by atoms with E-state index in [1.54, 1.807) is 43.4 Å². The largest absolute Gasteiger partial charge is 0.459 e. The summed E-state index contributed by atoms with van der Waals surface area (Å²) >= 11 is 3.45. The van der Waals surface area contributed by atoms with Crippen molar-refractivity contribution in [3.8, 4) is 0 Å². The fourth-order valence-corrected chi connectivity index (χ4v) is 4.16. The lowest BCUT2D eigenvalue weighted by Gasteiger charge is -2.19. The van der Waals surface area contributed by atoms with Crippen LogP contribution < -0.4 is 10.6 Å². The summed E-state index contributed by atoms with van der Waals surface area (Å²) in [6, 6.07) is 1.89. The molecule has 6 nitrogen and oxygen atoms in total. The number of carbonyl (C=O) groups is 2. The molecule has 0 aliphatic rings. The molecule has 0 aliphatic heterocycles. The van der Waals surface area contributed by atoms with Gasteiger partial charge in [0.2, 0.25) is 0 Å². The molecule has 0 bridgehead atoms. The lowest BCUT2D eigenvalue weighted by atomic mass is 10.1. The fourth-order valence-electron chi connectivity index (χ4n) is 2.54. The zero-order valence-electron chi connectivity index (χ0n) is 17.0. The Morgan fingerprint density at radius 3 is 2.57 bits per heavy atom. The molecule has 2 aromatic rings. The van der Waals surface area contributed by atoms with E-state index in [0.717, 1.165) is 36.4 Å². The summed E-state index contributed by atoms with van der Waals surface area (Å²) in [5, 5.41) is 10.7. The van der Waals surface area contributed by atoms with Gasteiger partial charge in [-0.1, -0.05) is 0 Å². The van der Waals surface area contributed by atoms with Crippen LogP contribution in [0.5, 0.6) is 0 Å². The van der Waals surface area contributed by atoms with E-state index < -0.39 is 11.6 Å². The van der Waals surface area contributed by atoms with Gasteiger partial charge in [0.05, 0.1) is 10.7 Å². The first-order valence-electron chi connectivity index (χ1n) is 9.42. The fraction of sp³-hybridized carbons (Fsp3) is 0.550. The number of thiophene rings is 1. The van der Waals surface area contributed by atoms with Gasteiger partial charge in [0.1, 0.15) is 12.1 Å². The van der Waals surface area contributed by atoms with Crippen molar-refractivity contribution in [3.63, 3.8) is 0 Å². The van der Waals surface area contributed by atoms with Crippen LogP contribution in [0.1, 0.15) is 48.3 Å². The van der Waals surface area contributed by atoms with Crippen molar-refractivity contribution in [3.05, 3.63) is 38.0 Å². The summed E-state index contributed by atoms with van der Waals surface area (Å²) in [7, 11) is 0. The van der Waals surface area contributed by atoms with Crippen molar-refractivity contribution in [2.24, 2.45) is 0 Å². The summed E-state index contributed by atoms with van der Waals surface area (Å²) in [4.78, 5) is 29.1. The van der Waals surface area contributed by atoms with Gasteiger partial charge in [-0.25, -0.2) is 9.78 Å². The number of esters is 1. The van der Waals surface area contributed by atoms with E-state index in [9.17, 15) is 9.59 Å². The molecular formula is C20H29N3O3S2. The van der Waals surface area contributed by atoms with Crippen LogP contribution >= 0.6 is 22.7 Å². The average molecular weight is 424 g/mol. The molecule has 0 aromatic carbocycles. The maximum absolute atomic E-state index is 11.7.